The highest BCUT2D eigenvalue weighted by molar-refractivity contribution is 5.94. The summed E-state index contributed by atoms with van der Waals surface area (Å²) in [5.41, 5.74) is 6.41. The molecule has 208 valence electrons. The van der Waals surface area contributed by atoms with Crippen molar-refractivity contribution < 1.29 is 29.0 Å². The Morgan fingerprint density at radius 2 is 1.74 bits per heavy atom. The molecule has 1 fully saturated rings. The number of nitrogens with zero attached hydrogens (tertiary/aromatic N) is 1. The lowest BCUT2D eigenvalue weighted by atomic mass is 9.88. The van der Waals surface area contributed by atoms with Gasteiger partial charge in [-0.1, -0.05) is 30.3 Å². The molecule has 0 bridgehead atoms. The van der Waals surface area contributed by atoms with E-state index in [-0.39, 0.29) is 38.4 Å². The number of nitrogens with two attached hydrogens (primary N) is 1. The van der Waals surface area contributed by atoms with E-state index in [4.69, 9.17) is 15.2 Å². The number of aryl methyl sites for hydroxylation is 1. The number of hydrogen-bond donors (Lipinski definition) is 4. The predicted molar refractivity (Wildman–Crippen MR) is 147 cm³/mol. The highest BCUT2D eigenvalue weighted by atomic mass is 16.6. The number of aromatic hydroxyl groups is 1. The van der Waals surface area contributed by atoms with Gasteiger partial charge in [-0.25, -0.2) is 4.79 Å². The highest BCUT2D eigenvalue weighted by Crippen LogP contribution is 2.31. The van der Waals surface area contributed by atoms with Crippen molar-refractivity contribution in [2.75, 3.05) is 13.2 Å². The molecule has 10 nitrogen and oxygen atoms in total. The van der Waals surface area contributed by atoms with Crippen LogP contribution in [-0.4, -0.2) is 58.0 Å². The number of carbonyl (C=O) groups is 3. The zero-order valence-corrected chi connectivity index (χ0v) is 22.7. The van der Waals surface area contributed by atoms with Gasteiger partial charge in [0.2, 0.25) is 11.8 Å². The second kappa shape index (κ2) is 11.0. The summed E-state index contributed by atoms with van der Waals surface area (Å²) < 4.78 is 12.4. The first-order valence-corrected chi connectivity index (χ1v) is 12.9. The molecule has 0 spiro atoms. The van der Waals surface area contributed by atoms with E-state index < -0.39 is 35.1 Å². The molecular weight excluding hydrogens is 500 g/mol. The van der Waals surface area contributed by atoms with Crippen molar-refractivity contribution in [3.05, 3.63) is 54.2 Å². The molecule has 0 saturated carbocycles. The van der Waals surface area contributed by atoms with Gasteiger partial charge in [0.25, 0.3) is 0 Å². The summed E-state index contributed by atoms with van der Waals surface area (Å²) in [5.74, 6) is -0.965. The number of aromatic nitrogens is 1. The van der Waals surface area contributed by atoms with Crippen molar-refractivity contribution in [2.24, 2.45) is 12.8 Å². The largest absolute Gasteiger partial charge is 0.494 e. The van der Waals surface area contributed by atoms with E-state index in [1.165, 1.54) is 0 Å². The molecule has 2 aromatic carbocycles. The normalized spacial score (nSPS) is 15.9. The lowest BCUT2D eigenvalue weighted by Crippen LogP contribution is -2.64. The van der Waals surface area contributed by atoms with E-state index in [1.54, 1.807) is 32.4 Å². The van der Waals surface area contributed by atoms with Crippen molar-refractivity contribution in [3.63, 3.8) is 0 Å². The highest BCUT2D eigenvalue weighted by Gasteiger charge is 2.43. The number of alkyl carbamates (subject to hydrolysis) is 1. The maximum Gasteiger partial charge on any atom is 0.408 e. The van der Waals surface area contributed by atoms with Crippen LogP contribution in [0, 0.1) is 0 Å². The monoisotopic (exact) mass is 536 g/mol. The Kier molecular flexibility index (Phi) is 7.87. The van der Waals surface area contributed by atoms with Gasteiger partial charge in [0.15, 0.2) is 5.88 Å². The average Bonchev–Trinajstić information content (AvgIpc) is 3.15. The number of fused-ring (bicyclic) bond motifs is 1. The Labute approximate surface area is 227 Å². The summed E-state index contributed by atoms with van der Waals surface area (Å²) >= 11 is 0. The smallest absolute Gasteiger partial charge is 0.408 e. The maximum absolute atomic E-state index is 13.4. The van der Waals surface area contributed by atoms with Crippen LogP contribution in [0.5, 0.6) is 5.88 Å². The molecule has 5 N–H and O–H groups in total. The topological polar surface area (TPSA) is 145 Å². The van der Waals surface area contributed by atoms with E-state index in [1.807, 2.05) is 48.7 Å². The number of nitrogens with one attached hydrogen (secondary N) is 2. The van der Waals surface area contributed by atoms with Crippen LogP contribution in [-0.2, 0) is 32.5 Å². The molecular formula is C29H36N4O6. The third kappa shape index (κ3) is 6.51. The fourth-order valence-corrected chi connectivity index (χ4v) is 4.73. The van der Waals surface area contributed by atoms with Crippen molar-refractivity contribution in [2.45, 2.75) is 57.2 Å². The third-order valence-corrected chi connectivity index (χ3v) is 6.86. The molecule has 0 unspecified atom stereocenters. The minimum Gasteiger partial charge on any atom is -0.494 e. The molecule has 3 aromatic rings. The van der Waals surface area contributed by atoms with Crippen LogP contribution in [0.2, 0.25) is 0 Å². The summed E-state index contributed by atoms with van der Waals surface area (Å²) in [6.07, 6.45) is 1.82. The van der Waals surface area contributed by atoms with Gasteiger partial charge < -0.3 is 35.5 Å². The first kappa shape index (κ1) is 28.0. The summed E-state index contributed by atoms with van der Waals surface area (Å²) in [6.45, 7) is 5.77. The van der Waals surface area contributed by atoms with Crippen LogP contribution >= 0.6 is 0 Å². The first-order valence-electron chi connectivity index (χ1n) is 12.9. The van der Waals surface area contributed by atoms with Crippen molar-refractivity contribution in [1.82, 2.24) is 15.2 Å². The molecule has 1 atom stereocenters. The second-order valence-corrected chi connectivity index (χ2v) is 11.0. The summed E-state index contributed by atoms with van der Waals surface area (Å²) in [7, 11) is 1.79. The molecule has 10 heteroatoms. The lowest BCUT2D eigenvalue weighted by molar-refractivity contribution is -0.135. The third-order valence-electron chi connectivity index (χ3n) is 6.86. The number of carbonyl (C=O) groups excluding carboxylic acids is 3. The second-order valence-electron chi connectivity index (χ2n) is 11.0. The van der Waals surface area contributed by atoms with Crippen molar-refractivity contribution >= 4 is 28.7 Å². The number of hydrogen-bond acceptors (Lipinski definition) is 6. The number of primary amides is 1. The van der Waals surface area contributed by atoms with E-state index in [9.17, 15) is 19.5 Å². The molecule has 39 heavy (non-hydrogen) atoms. The fourth-order valence-electron chi connectivity index (χ4n) is 4.73. The molecule has 4 rings (SSSR count). The van der Waals surface area contributed by atoms with Crippen LogP contribution in [0.25, 0.3) is 21.9 Å². The van der Waals surface area contributed by atoms with Crippen molar-refractivity contribution in [3.8, 4) is 17.0 Å². The van der Waals surface area contributed by atoms with Crippen LogP contribution in [0.15, 0.2) is 48.7 Å². The van der Waals surface area contributed by atoms with Crippen LogP contribution in [0.4, 0.5) is 4.79 Å². The molecule has 1 aliphatic rings. The maximum atomic E-state index is 13.4. The van der Waals surface area contributed by atoms with Crippen LogP contribution in [0.1, 0.15) is 39.2 Å². The number of rotatable bonds is 7. The minimum atomic E-state index is -1.28. The van der Waals surface area contributed by atoms with Crippen LogP contribution < -0.4 is 16.4 Å². The molecule has 0 radical (unpaired) electrons. The zero-order chi connectivity index (χ0) is 28.4. The summed E-state index contributed by atoms with van der Waals surface area (Å²) in [6, 6.07) is 12.5. The Hall–Kier alpha value is -4.05. The average molecular weight is 537 g/mol. The zero-order valence-electron chi connectivity index (χ0n) is 22.7. The standard InChI is InChI=1S/C29H36N4O6/c1-28(2,3)39-27(37)32-29(11-13-38-14-12-29)26(36)31-23(24(30)34)15-18-5-7-19(8-6-18)20-9-10-22-21(16-20)17-33(4)25(22)35/h5-10,16-17,23,35H,11-15H2,1-4H3,(H2,30,34)(H,31,36)(H,32,37)/t23-/m0/s1. The van der Waals surface area contributed by atoms with Gasteiger partial charge in [0, 0.05) is 56.5 Å². The molecule has 1 aromatic heterocycles. The molecule has 1 aliphatic heterocycles. The Balaban J connectivity index is 1.47. The lowest BCUT2D eigenvalue weighted by Gasteiger charge is -2.37. The molecule has 0 aliphatic carbocycles. The van der Waals surface area contributed by atoms with Gasteiger partial charge in [-0.15, -0.1) is 0 Å². The summed E-state index contributed by atoms with van der Waals surface area (Å²) in [4.78, 5) is 38.3. The first-order chi connectivity index (χ1) is 18.4. The quantitative estimate of drug-likeness (QED) is 0.365. The van der Waals surface area contributed by atoms with Gasteiger partial charge >= 0.3 is 6.09 Å². The molecule has 3 amide bonds. The van der Waals surface area contributed by atoms with Gasteiger partial charge in [-0.3, -0.25) is 9.59 Å². The SMILES string of the molecule is Cn1cc2cc(-c3ccc(C[C@H](NC(=O)C4(NC(=O)OC(C)(C)C)CCOCC4)C(N)=O)cc3)ccc2c1O. The van der Waals surface area contributed by atoms with Gasteiger partial charge in [0.1, 0.15) is 17.2 Å². The fraction of sp³-hybridized carbons (Fsp3) is 0.414. The van der Waals surface area contributed by atoms with E-state index in [2.05, 4.69) is 10.6 Å². The Bertz CT molecular complexity index is 1370. The Morgan fingerprint density at radius 3 is 2.36 bits per heavy atom. The predicted octanol–water partition coefficient (Wildman–Crippen LogP) is 3.14. The van der Waals surface area contributed by atoms with Gasteiger partial charge in [-0.2, -0.15) is 0 Å². The van der Waals surface area contributed by atoms with Gasteiger partial charge in [0.05, 0.1) is 0 Å². The Morgan fingerprint density at radius 1 is 1.10 bits per heavy atom. The van der Waals surface area contributed by atoms with E-state index in [0.29, 0.717) is 0 Å². The molecule has 1 saturated heterocycles. The summed E-state index contributed by atoms with van der Waals surface area (Å²) in [5, 5.41) is 17.3. The minimum absolute atomic E-state index is 0.186. The van der Waals surface area contributed by atoms with Crippen LogP contribution in [0.3, 0.4) is 0 Å². The van der Waals surface area contributed by atoms with E-state index in [0.717, 1.165) is 27.5 Å². The van der Waals surface area contributed by atoms with Gasteiger partial charge in [-0.05, 0) is 49.6 Å². The molecule has 2 heterocycles. The van der Waals surface area contributed by atoms with E-state index >= 15 is 0 Å². The number of ether oxygens (including phenoxy) is 2. The number of benzene rings is 2. The number of amides is 3. The van der Waals surface area contributed by atoms with Crippen molar-refractivity contribution in [1.29, 1.82) is 0 Å².